The minimum atomic E-state index is -0.0777. The molecule has 0 unspecified atom stereocenters. The van der Waals surface area contributed by atoms with Crippen LogP contribution in [0, 0.1) is 0 Å². The van der Waals surface area contributed by atoms with Gasteiger partial charge < -0.3 is 4.90 Å². The number of aromatic nitrogens is 3. The van der Waals surface area contributed by atoms with Crippen LogP contribution in [0.15, 0.2) is 59.5 Å². The number of piperazine rings is 1. The maximum Gasteiger partial charge on any atom is 0.351 e. The van der Waals surface area contributed by atoms with Gasteiger partial charge in [0.05, 0.1) is 6.67 Å². The number of pyridine rings is 1. The number of para-hydroxylation sites is 1. The minimum absolute atomic E-state index is 0.0777. The zero-order chi connectivity index (χ0) is 15.6. The summed E-state index contributed by atoms with van der Waals surface area (Å²) < 4.78 is 3.13. The average Bonchev–Trinajstić information content (AvgIpc) is 2.93. The van der Waals surface area contributed by atoms with Crippen LogP contribution in [0.3, 0.4) is 0 Å². The van der Waals surface area contributed by atoms with Crippen molar-refractivity contribution in [1.29, 1.82) is 0 Å². The summed E-state index contributed by atoms with van der Waals surface area (Å²) in [7, 11) is 0. The van der Waals surface area contributed by atoms with Crippen LogP contribution >= 0.6 is 0 Å². The molecule has 6 nitrogen and oxygen atoms in total. The highest BCUT2D eigenvalue weighted by molar-refractivity contribution is 5.46. The third-order valence-electron chi connectivity index (χ3n) is 4.32. The Labute approximate surface area is 134 Å². The third-order valence-corrected chi connectivity index (χ3v) is 4.32. The Balaban J connectivity index is 1.45. The van der Waals surface area contributed by atoms with Crippen LogP contribution in [0.4, 0.5) is 5.69 Å². The number of rotatable bonds is 3. The maximum absolute atomic E-state index is 12.3. The molecule has 0 aliphatic carbocycles. The van der Waals surface area contributed by atoms with E-state index in [0.29, 0.717) is 12.3 Å². The molecular formula is C17H19N5O. The van der Waals surface area contributed by atoms with E-state index in [-0.39, 0.29) is 5.69 Å². The van der Waals surface area contributed by atoms with E-state index in [4.69, 9.17) is 0 Å². The second kappa shape index (κ2) is 5.89. The molecule has 0 N–H and O–H groups in total. The minimum Gasteiger partial charge on any atom is -0.369 e. The molecule has 0 bridgehead atoms. The van der Waals surface area contributed by atoms with Crippen molar-refractivity contribution < 1.29 is 0 Å². The molecule has 1 fully saturated rings. The fourth-order valence-corrected chi connectivity index (χ4v) is 3.04. The number of nitrogens with zero attached hydrogens (tertiary/aromatic N) is 5. The number of anilines is 1. The van der Waals surface area contributed by atoms with Crippen molar-refractivity contribution in [3.63, 3.8) is 0 Å². The van der Waals surface area contributed by atoms with Gasteiger partial charge in [-0.05, 0) is 24.3 Å². The van der Waals surface area contributed by atoms with Gasteiger partial charge in [0.15, 0.2) is 5.65 Å². The first-order chi connectivity index (χ1) is 11.3. The van der Waals surface area contributed by atoms with Gasteiger partial charge in [-0.3, -0.25) is 9.30 Å². The Bertz CT molecular complexity index is 846. The summed E-state index contributed by atoms with van der Waals surface area (Å²) in [5, 5.41) is 4.40. The topological polar surface area (TPSA) is 45.8 Å². The van der Waals surface area contributed by atoms with E-state index in [9.17, 15) is 4.79 Å². The number of hydrogen-bond donors (Lipinski definition) is 0. The van der Waals surface area contributed by atoms with Crippen LogP contribution in [-0.4, -0.2) is 45.3 Å². The normalized spacial score (nSPS) is 16.1. The van der Waals surface area contributed by atoms with Crippen molar-refractivity contribution in [1.82, 2.24) is 19.1 Å². The average molecular weight is 309 g/mol. The van der Waals surface area contributed by atoms with Crippen molar-refractivity contribution >= 4 is 11.3 Å². The highest BCUT2D eigenvalue weighted by Crippen LogP contribution is 2.15. The summed E-state index contributed by atoms with van der Waals surface area (Å²) in [5.74, 6) is 0. The molecule has 118 valence electrons. The number of benzene rings is 1. The van der Waals surface area contributed by atoms with E-state index in [0.717, 1.165) is 26.2 Å². The monoisotopic (exact) mass is 309 g/mol. The van der Waals surface area contributed by atoms with Crippen molar-refractivity contribution in [2.24, 2.45) is 0 Å². The van der Waals surface area contributed by atoms with Crippen LogP contribution in [0.5, 0.6) is 0 Å². The molecule has 1 aliphatic heterocycles. The van der Waals surface area contributed by atoms with Crippen LogP contribution in [0.25, 0.3) is 5.65 Å². The largest absolute Gasteiger partial charge is 0.369 e. The SMILES string of the molecule is O=c1n(CN2CCN(c3ccccc3)CC2)nc2ccccn12. The molecule has 1 aromatic carbocycles. The van der Waals surface area contributed by atoms with Crippen LogP contribution in [-0.2, 0) is 6.67 Å². The van der Waals surface area contributed by atoms with Crippen molar-refractivity contribution in [3.8, 4) is 0 Å². The molecular weight excluding hydrogens is 290 g/mol. The van der Waals surface area contributed by atoms with E-state index in [2.05, 4.69) is 39.2 Å². The first kappa shape index (κ1) is 14.0. The number of fused-ring (bicyclic) bond motifs is 1. The summed E-state index contributed by atoms with van der Waals surface area (Å²) in [5.41, 5.74) is 1.88. The van der Waals surface area contributed by atoms with Gasteiger partial charge in [-0.2, -0.15) is 4.68 Å². The molecule has 0 radical (unpaired) electrons. The standard InChI is InChI=1S/C17H19N5O/c23-17-21-9-5-4-8-16(21)18-22(17)14-19-10-12-20(13-11-19)15-6-2-1-3-7-15/h1-9H,10-14H2. The maximum atomic E-state index is 12.3. The van der Waals surface area contributed by atoms with Gasteiger partial charge in [0.1, 0.15) is 0 Å². The van der Waals surface area contributed by atoms with Gasteiger partial charge in [-0.15, -0.1) is 5.10 Å². The van der Waals surface area contributed by atoms with E-state index < -0.39 is 0 Å². The molecule has 1 aliphatic rings. The molecule has 3 aromatic rings. The molecule has 3 heterocycles. The first-order valence-corrected chi connectivity index (χ1v) is 7.88. The molecule has 0 amide bonds. The fraction of sp³-hybridized carbons (Fsp3) is 0.294. The summed E-state index contributed by atoms with van der Waals surface area (Å²) >= 11 is 0. The van der Waals surface area contributed by atoms with Gasteiger partial charge in [-0.1, -0.05) is 24.3 Å². The van der Waals surface area contributed by atoms with Crippen LogP contribution in [0.2, 0.25) is 0 Å². The molecule has 23 heavy (non-hydrogen) atoms. The van der Waals surface area contributed by atoms with E-state index >= 15 is 0 Å². The van der Waals surface area contributed by atoms with Gasteiger partial charge in [0.2, 0.25) is 0 Å². The number of hydrogen-bond acceptors (Lipinski definition) is 4. The molecule has 0 atom stereocenters. The van der Waals surface area contributed by atoms with Gasteiger partial charge in [-0.25, -0.2) is 4.79 Å². The Kier molecular flexibility index (Phi) is 3.59. The Morgan fingerprint density at radius 2 is 1.65 bits per heavy atom. The molecule has 1 saturated heterocycles. The summed E-state index contributed by atoms with van der Waals surface area (Å²) in [6, 6.07) is 16.0. The predicted octanol–water partition coefficient (Wildman–Crippen LogP) is 1.28. The van der Waals surface area contributed by atoms with Crippen molar-refractivity contribution in [2.45, 2.75) is 6.67 Å². The second-order valence-electron chi connectivity index (χ2n) is 5.79. The summed E-state index contributed by atoms with van der Waals surface area (Å²) in [6.45, 7) is 4.33. The van der Waals surface area contributed by atoms with Gasteiger partial charge in [0, 0.05) is 38.1 Å². The Hall–Kier alpha value is -2.60. The predicted molar refractivity (Wildman–Crippen MR) is 89.7 cm³/mol. The van der Waals surface area contributed by atoms with Gasteiger partial charge >= 0.3 is 5.69 Å². The molecule has 0 saturated carbocycles. The molecule has 0 spiro atoms. The first-order valence-electron chi connectivity index (χ1n) is 7.88. The summed E-state index contributed by atoms with van der Waals surface area (Å²) in [4.78, 5) is 17.0. The molecule has 6 heteroatoms. The smallest absolute Gasteiger partial charge is 0.351 e. The van der Waals surface area contributed by atoms with E-state index in [1.807, 2.05) is 24.3 Å². The Morgan fingerprint density at radius 3 is 2.39 bits per heavy atom. The lowest BCUT2D eigenvalue weighted by atomic mass is 10.2. The van der Waals surface area contributed by atoms with E-state index in [1.54, 1.807) is 15.3 Å². The van der Waals surface area contributed by atoms with Gasteiger partial charge in [0.25, 0.3) is 0 Å². The quantitative estimate of drug-likeness (QED) is 0.731. The van der Waals surface area contributed by atoms with Crippen LogP contribution < -0.4 is 10.6 Å². The lowest BCUT2D eigenvalue weighted by Gasteiger charge is -2.35. The zero-order valence-electron chi connectivity index (χ0n) is 12.9. The molecule has 2 aromatic heterocycles. The highest BCUT2D eigenvalue weighted by Gasteiger charge is 2.18. The van der Waals surface area contributed by atoms with Crippen LogP contribution in [0.1, 0.15) is 0 Å². The zero-order valence-corrected chi connectivity index (χ0v) is 12.9. The van der Waals surface area contributed by atoms with Crippen molar-refractivity contribution in [3.05, 3.63) is 65.2 Å². The van der Waals surface area contributed by atoms with E-state index in [1.165, 1.54) is 5.69 Å². The molecule has 4 rings (SSSR count). The highest BCUT2D eigenvalue weighted by atomic mass is 16.2. The Morgan fingerprint density at radius 1 is 0.913 bits per heavy atom. The second-order valence-corrected chi connectivity index (χ2v) is 5.79. The van der Waals surface area contributed by atoms with Crippen molar-refractivity contribution in [2.75, 3.05) is 31.1 Å². The fourth-order valence-electron chi connectivity index (χ4n) is 3.04. The summed E-state index contributed by atoms with van der Waals surface area (Å²) in [6.07, 6.45) is 1.76. The lowest BCUT2D eigenvalue weighted by molar-refractivity contribution is 0.193. The third kappa shape index (κ3) is 2.73. The lowest BCUT2D eigenvalue weighted by Crippen LogP contribution is -2.47.